The third-order valence-corrected chi connectivity index (χ3v) is 3.61. The molecule has 152 valence electrons. The molecule has 2 rings (SSSR count). The van der Waals surface area contributed by atoms with E-state index in [-0.39, 0.29) is 5.75 Å². The van der Waals surface area contributed by atoms with Crippen LogP contribution in [0.3, 0.4) is 0 Å². The summed E-state index contributed by atoms with van der Waals surface area (Å²) < 4.78 is 25.5. The van der Waals surface area contributed by atoms with Gasteiger partial charge in [-0.3, -0.25) is 14.4 Å². The summed E-state index contributed by atoms with van der Waals surface area (Å²) in [5, 5.41) is 10.2. The lowest BCUT2D eigenvalue weighted by molar-refractivity contribution is -0.288. The lowest BCUT2D eigenvalue weighted by atomic mass is 9.98. The molecule has 1 aliphatic heterocycles. The van der Waals surface area contributed by atoms with Gasteiger partial charge in [0.15, 0.2) is 30.7 Å². The summed E-state index contributed by atoms with van der Waals surface area (Å²) in [6.07, 6.45) is -8.03. The number of hydrogen-bond donors (Lipinski definition) is 1. The zero-order valence-corrected chi connectivity index (χ0v) is 15.4. The summed E-state index contributed by atoms with van der Waals surface area (Å²) in [7, 11) is 0. The maximum absolute atomic E-state index is 12.6. The van der Waals surface area contributed by atoms with E-state index in [1.165, 1.54) is 12.1 Å². The molecule has 0 bridgehead atoms. The standard InChI is InChI=1S/C18H20O10/c1-9(19)24-13-14(25-10(2)20)16(28-18(23)15(13)26-11(3)21)17(22)27-12-7-5-4-6-8-12/h4-8,13-16,18,23H,1-3H3/t13-,14-,15+,16-,18+/m0/s1. The lowest BCUT2D eigenvalue weighted by Crippen LogP contribution is -2.63. The van der Waals surface area contributed by atoms with Gasteiger partial charge < -0.3 is 28.8 Å². The van der Waals surface area contributed by atoms with Gasteiger partial charge in [0.1, 0.15) is 5.75 Å². The first-order chi connectivity index (χ1) is 13.2. The number of aliphatic hydroxyl groups excluding tert-OH is 1. The minimum Gasteiger partial charge on any atom is -0.455 e. The molecular weight excluding hydrogens is 376 g/mol. The first-order valence-electron chi connectivity index (χ1n) is 8.31. The molecule has 5 atom stereocenters. The number of carbonyl (C=O) groups is 4. The third-order valence-electron chi connectivity index (χ3n) is 3.61. The Hall–Kier alpha value is -2.98. The monoisotopic (exact) mass is 396 g/mol. The number of esters is 4. The van der Waals surface area contributed by atoms with E-state index in [0.717, 1.165) is 20.8 Å². The fraction of sp³-hybridized carbons (Fsp3) is 0.444. The second-order valence-corrected chi connectivity index (χ2v) is 5.90. The van der Waals surface area contributed by atoms with Crippen molar-refractivity contribution < 1.29 is 48.0 Å². The van der Waals surface area contributed by atoms with E-state index < -0.39 is 54.6 Å². The van der Waals surface area contributed by atoms with Crippen LogP contribution >= 0.6 is 0 Å². The van der Waals surface area contributed by atoms with Crippen molar-refractivity contribution in [3.8, 4) is 5.75 Å². The van der Waals surface area contributed by atoms with Crippen molar-refractivity contribution in [1.82, 2.24) is 0 Å². The molecule has 1 aromatic rings. The highest BCUT2D eigenvalue weighted by molar-refractivity contribution is 5.79. The Morgan fingerprint density at radius 2 is 1.32 bits per heavy atom. The SMILES string of the molecule is CC(=O)O[C@@H]1[C@@H](OC(C)=O)[C@H](O)O[C@H](C(=O)Oc2ccccc2)[C@H]1OC(C)=O. The Morgan fingerprint density at radius 1 is 0.821 bits per heavy atom. The molecule has 28 heavy (non-hydrogen) atoms. The predicted octanol–water partition coefficient (Wildman–Crippen LogP) is 0.104. The number of aliphatic hydroxyl groups is 1. The third kappa shape index (κ3) is 5.51. The van der Waals surface area contributed by atoms with Crippen molar-refractivity contribution >= 4 is 23.9 Å². The van der Waals surface area contributed by atoms with Crippen molar-refractivity contribution in [2.24, 2.45) is 0 Å². The number of hydrogen-bond acceptors (Lipinski definition) is 10. The van der Waals surface area contributed by atoms with Crippen molar-refractivity contribution in [2.45, 2.75) is 51.5 Å². The van der Waals surface area contributed by atoms with E-state index in [1.807, 2.05) is 0 Å². The summed E-state index contributed by atoms with van der Waals surface area (Å²) >= 11 is 0. The van der Waals surface area contributed by atoms with Gasteiger partial charge in [-0.2, -0.15) is 0 Å². The fourth-order valence-corrected chi connectivity index (χ4v) is 2.64. The largest absolute Gasteiger partial charge is 0.455 e. The quantitative estimate of drug-likeness (QED) is 0.415. The summed E-state index contributed by atoms with van der Waals surface area (Å²) in [4.78, 5) is 47.0. The predicted molar refractivity (Wildman–Crippen MR) is 89.6 cm³/mol. The van der Waals surface area contributed by atoms with Crippen LogP contribution in [0.4, 0.5) is 0 Å². The molecule has 0 spiro atoms. The maximum atomic E-state index is 12.6. The van der Waals surface area contributed by atoms with Crippen LogP contribution in [0.1, 0.15) is 20.8 Å². The molecule has 0 aliphatic carbocycles. The molecule has 1 saturated heterocycles. The van der Waals surface area contributed by atoms with Crippen molar-refractivity contribution in [1.29, 1.82) is 0 Å². The van der Waals surface area contributed by atoms with Gasteiger partial charge in [-0.1, -0.05) is 18.2 Å². The smallest absolute Gasteiger partial charge is 0.344 e. The molecule has 0 aromatic heterocycles. The Balaban J connectivity index is 2.34. The lowest BCUT2D eigenvalue weighted by Gasteiger charge is -2.41. The molecule has 1 heterocycles. The minimum atomic E-state index is -1.84. The number of ether oxygens (including phenoxy) is 5. The highest BCUT2D eigenvalue weighted by atomic mass is 16.7. The van der Waals surface area contributed by atoms with Gasteiger partial charge >= 0.3 is 23.9 Å². The van der Waals surface area contributed by atoms with Gasteiger partial charge in [0.25, 0.3) is 0 Å². The number of rotatable bonds is 5. The Morgan fingerprint density at radius 3 is 1.86 bits per heavy atom. The van der Waals surface area contributed by atoms with E-state index in [9.17, 15) is 24.3 Å². The molecular formula is C18H20O10. The van der Waals surface area contributed by atoms with Crippen molar-refractivity contribution in [2.75, 3.05) is 0 Å². The number of carbonyl (C=O) groups excluding carboxylic acids is 4. The van der Waals surface area contributed by atoms with Crippen LogP contribution in [0, 0.1) is 0 Å². The normalized spacial score (nSPS) is 26.6. The number of para-hydroxylation sites is 1. The highest BCUT2D eigenvalue weighted by Crippen LogP contribution is 2.29. The van der Waals surface area contributed by atoms with Gasteiger partial charge in [-0.05, 0) is 12.1 Å². The van der Waals surface area contributed by atoms with Gasteiger partial charge in [0, 0.05) is 20.8 Å². The van der Waals surface area contributed by atoms with E-state index >= 15 is 0 Å². The molecule has 0 unspecified atom stereocenters. The van der Waals surface area contributed by atoms with E-state index in [1.54, 1.807) is 18.2 Å². The fourth-order valence-electron chi connectivity index (χ4n) is 2.64. The van der Waals surface area contributed by atoms with Gasteiger partial charge in [0.05, 0.1) is 0 Å². The van der Waals surface area contributed by atoms with Crippen LogP contribution in [0.25, 0.3) is 0 Å². The highest BCUT2D eigenvalue weighted by Gasteiger charge is 2.54. The van der Waals surface area contributed by atoms with Crippen LogP contribution in [-0.2, 0) is 38.1 Å². The summed E-state index contributed by atoms with van der Waals surface area (Å²) in [6.45, 7) is 3.19. The van der Waals surface area contributed by atoms with E-state index in [2.05, 4.69) is 0 Å². The Labute approximate surface area is 160 Å². The van der Waals surface area contributed by atoms with E-state index in [0.29, 0.717) is 0 Å². The Bertz CT molecular complexity index is 731. The van der Waals surface area contributed by atoms with Crippen LogP contribution in [0.5, 0.6) is 5.75 Å². The van der Waals surface area contributed by atoms with Crippen LogP contribution in [0.2, 0.25) is 0 Å². The molecule has 1 fully saturated rings. The first-order valence-corrected chi connectivity index (χ1v) is 8.31. The molecule has 0 radical (unpaired) electrons. The molecule has 1 N–H and O–H groups in total. The van der Waals surface area contributed by atoms with Crippen LogP contribution < -0.4 is 4.74 Å². The molecule has 10 nitrogen and oxygen atoms in total. The minimum absolute atomic E-state index is 0.179. The second-order valence-electron chi connectivity index (χ2n) is 5.90. The summed E-state index contributed by atoms with van der Waals surface area (Å²) in [5.41, 5.74) is 0. The molecule has 10 heteroatoms. The van der Waals surface area contributed by atoms with Crippen LogP contribution in [0.15, 0.2) is 30.3 Å². The van der Waals surface area contributed by atoms with Gasteiger partial charge in [-0.25, -0.2) is 4.79 Å². The zero-order valence-electron chi connectivity index (χ0n) is 15.4. The van der Waals surface area contributed by atoms with Crippen molar-refractivity contribution in [3.05, 3.63) is 30.3 Å². The first kappa shape index (κ1) is 21.3. The molecule has 1 aromatic carbocycles. The summed E-state index contributed by atoms with van der Waals surface area (Å²) in [6, 6.07) is 7.97. The van der Waals surface area contributed by atoms with Gasteiger partial charge in [-0.15, -0.1) is 0 Å². The van der Waals surface area contributed by atoms with E-state index in [4.69, 9.17) is 23.7 Å². The second kappa shape index (κ2) is 9.29. The average Bonchev–Trinajstić information content (AvgIpc) is 2.60. The molecule has 0 saturated carbocycles. The zero-order chi connectivity index (χ0) is 20.8. The van der Waals surface area contributed by atoms with Crippen LogP contribution in [-0.4, -0.2) is 59.7 Å². The maximum Gasteiger partial charge on any atom is 0.344 e. The molecule has 1 aliphatic rings. The molecule has 0 amide bonds. The average molecular weight is 396 g/mol. The summed E-state index contributed by atoms with van der Waals surface area (Å²) in [5.74, 6) is -3.27. The van der Waals surface area contributed by atoms with Gasteiger partial charge in [0.2, 0.25) is 0 Å². The Kier molecular flexibility index (Phi) is 7.07. The topological polar surface area (TPSA) is 135 Å². The van der Waals surface area contributed by atoms with Crippen molar-refractivity contribution in [3.63, 3.8) is 0 Å². The number of benzene rings is 1.